The molecular formula is C24H30O2. The van der Waals surface area contributed by atoms with Gasteiger partial charge in [0.1, 0.15) is 23.0 Å². The first-order valence-corrected chi connectivity index (χ1v) is 9.28. The number of hydrogen-bond acceptors (Lipinski definition) is 2. The van der Waals surface area contributed by atoms with Crippen molar-refractivity contribution in [3.8, 4) is 23.0 Å². The lowest BCUT2D eigenvalue weighted by Crippen LogP contribution is -1.87. The molecule has 3 aromatic rings. The van der Waals surface area contributed by atoms with E-state index in [1.807, 2.05) is 92.7 Å². The van der Waals surface area contributed by atoms with Crippen LogP contribution in [0.3, 0.4) is 0 Å². The predicted molar refractivity (Wildman–Crippen MR) is 112 cm³/mol. The van der Waals surface area contributed by atoms with Crippen molar-refractivity contribution in [3.63, 3.8) is 0 Å². The van der Waals surface area contributed by atoms with Gasteiger partial charge in [0.15, 0.2) is 0 Å². The van der Waals surface area contributed by atoms with Crippen molar-refractivity contribution in [3.05, 3.63) is 84.4 Å². The lowest BCUT2D eigenvalue weighted by atomic mass is 10.2. The molecule has 2 nitrogen and oxygen atoms in total. The second-order valence-corrected chi connectivity index (χ2v) is 5.51. The summed E-state index contributed by atoms with van der Waals surface area (Å²) in [6, 6.07) is 25.3. The minimum Gasteiger partial charge on any atom is -0.457 e. The van der Waals surface area contributed by atoms with E-state index in [9.17, 15) is 0 Å². The van der Waals surface area contributed by atoms with Gasteiger partial charge in [-0.1, -0.05) is 76.1 Å². The molecule has 0 aliphatic rings. The summed E-state index contributed by atoms with van der Waals surface area (Å²) in [5.41, 5.74) is 1.21. The quantitative estimate of drug-likeness (QED) is 0.474. The minimum atomic E-state index is 0.755. The van der Waals surface area contributed by atoms with E-state index in [2.05, 4.69) is 20.8 Å². The molecule has 138 valence electrons. The fraction of sp³-hybridized carbons (Fsp3) is 0.250. The summed E-state index contributed by atoms with van der Waals surface area (Å²) >= 11 is 0. The van der Waals surface area contributed by atoms with Gasteiger partial charge in [0.05, 0.1) is 0 Å². The Morgan fingerprint density at radius 3 is 1.50 bits per heavy atom. The van der Waals surface area contributed by atoms with Gasteiger partial charge in [-0.05, 0) is 43.3 Å². The zero-order chi connectivity index (χ0) is 19.2. The van der Waals surface area contributed by atoms with Gasteiger partial charge in [0.25, 0.3) is 0 Å². The summed E-state index contributed by atoms with van der Waals surface area (Å²) in [4.78, 5) is 0. The van der Waals surface area contributed by atoms with Crippen LogP contribution in [0.2, 0.25) is 0 Å². The Hall–Kier alpha value is -2.74. The van der Waals surface area contributed by atoms with E-state index in [0.717, 1.165) is 23.0 Å². The molecule has 0 aliphatic heterocycles. The maximum Gasteiger partial charge on any atom is 0.131 e. The van der Waals surface area contributed by atoms with E-state index in [1.54, 1.807) is 0 Å². The second-order valence-electron chi connectivity index (χ2n) is 5.51. The van der Waals surface area contributed by atoms with Crippen molar-refractivity contribution < 1.29 is 9.47 Å². The molecule has 0 saturated carbocycles. The Balaban J connectivity index is 0.000000615. The average Bonchev–Trinajstić information content (AvgIpc) is 2.67. The van der Waals surface area contributed by atoms with Crippen molar-refractivity contribution in [2.75, 3.05) is 0 Å². The summed E-state index contributed by atoms with van der Waals surface area (Å²) in [7, 11) is 0. The summed E-state index contributed by atoms with van der Waals surface area (Å²) in [6.07, 6.45) is 1.25. The minimum absolute atomic E-state index is 0.755. The third-order valence-corrected chi connectivity index (χ3v) is 3.04. The van der Waals surface area contributed by atoms with Crippen LogP contribution in [0.1, 0.15) is 39.7 Å². The molecule has 0 amide bonds. The molecular weight excluding hydrogens is 320 g/mol. The summed E-state index contributed by atoms with van der Waals surface area (Å²) in [5.74, 6) is 3.14. The van der Waals surface area contributed by atoms with Crippen LogP contribution in [0.5, 0.6) is 23.0 Å². The average molecular weight is 351 g/mol. The lowest BCUT2D eigenvalue weighted by Gasteiger charge is -2.09. The molecule has 0 aromatic heterocycles. The Morgan fingerprint density at radius 2 is 1.00 bits per heavy atom. The topological polar surface area (TPSA) is 18.5 Å². The molecule has 0 saturated heterocycles. The summed E-state index contributed by atoms with van der Waals surface area (Å²) in [6.45, 7) is 10.3. The highest BCUT2D eigenvalue weighted by Gasteiger charge is 2.01. The zero-order valence-corrected chi connectivity index (χ0v) is 16.5. The number of para-hydroxylation sites is 1. The SMILES string of the molecule is CC.CCC.Cc1ccc(Oc2cccc(Oc3ccccc3)c2)cc1. The molecule has 0 aliphatic carbocycles. The molecule has 0 radical (unpaired) electrons. The highest BCUT2D eigenvalue weighted by Crippen LogP contribution is 2.28. The van der Waals surface area contributed by atoms with Gasteiger partial charge in [-0.3, -0.25) is 0 Å². The second kappa shape index (κ2) is 12.6. The monoisotopic (exact) mass is 350 g/mol. The van der Waals surface area contributed by atoms with E-state index < -0.39 is 0 Å². The molecule has 3 aromatic carbocycles. The molecule has 0 atom stereocenters. The van der Waals surface area contributed by atoms with E-state index in [4.69, 9.17) is 9.47 Å². The van der Waals surface area contributed by atoms with Crippen molar-refractivity contribution >= 4 is 0 Å². The number of ether oxygens (including phenoxy) is 2. The number of rotatable bonds is 4. The predicted octanol–water partition coefficient (Wildman–Crippen LogP) is 8.02. The van der Waals surface area contributed by atoms with E-state index in [-0.39, 0.29) is 0 Å². The van der Waals surface area contributed by atoms with Gasteiger partial charge in [-0.2, -0.15) is 0 Å². The molecule has 0 unspecified atom stereocenters. The Labute approximate surface area is 158 Å². The third-order valence-electron chi connectivity index (χ3n) is 3.04. The normalized spacial score (nSPS) is 9.12. The first-order chi connectivity index (χ1) is 12.7. The molecule has 0 spiro atoms. The molecule has 0 bridgehead atoms. The van der Waals surface area contributed by atoms with Crippen molar-refractivity contribution in [1.82, 2.24) is 0 Å². The Kier molecular flexibility index (Phi) is 10.3. The van der Waals surface area contributed by atoms with E-state index in [0.29, 0.717) is 0 Å². The van der Waals surface area contributed by atoms with Crippen LogP contribution in [-0.4, -0.2) is 0 Å². The highest BCUT2D eigenvalue weighted by atomic mass is 16.5. The molecule has 0 heterocycles. The van der Waals surface area contributed by atoms with Crippen LogP contribution < -0.4 is 9.47 Å². The van der Waals surface area contributed by atoms with E-state index in [1.165, 1.54) is 12.0 Å². The third kappa shape index (κ3) is 7.89. The van der Waals surface area contributed by atoms with Gasteiger partial charge < -0.3 is 9.47 Å². The fourth-order valence-electron chi connectivity index (χ4n) is 1.97. The first kappa shape index (κ1) is 21.3. The van der Waals surface area contributed by atoms with Gasteiger partial charge in [0, 0.05) is 6.07 Å². The molecule has 0 fully saturated rings. The maximum absolute atomic E-state index is 5.83. The number of hydrogen-bond donors (Lipinski definition) is 0. The number of aryl methyl sites for hydroxylation is 1. The van der Waals surface area contributed by atoms with Crippen molar-refractivity contribution in [2.24, 2.45) is 0 Å². The fourth-order valence-corrected chi connectivity index (χ4v) is 1.97. The van der Waals surface area contributed by atoms with Crippen molar-refractivity contribution in [1.29, 1.82) is 0 Å². The standard InChI is InChI=1S/C19H16O2.C3H8.C2H6/c1-15-10-12-17(13-11-15)21-19-9-5-8-18(14-19)20-16-6-3-2-4-7-16;1-3-2;1-2/h2-14H,1H3;3H2,1-2H3;1-2H3. The van der Waals surface area contributed by atoms with Gasteiger partial charge in [-0.15, -0.1) is 0 Å². The van der Waals surface area contributed by atoms with Crippen LogP contribution >= 0.6 is 0 Å². The van der Waals surface area contributed by atoms with Crippen LogP contribution in [-0.2, 0) is 0 Å². The van der Waals surface area contributed by atoms with E-state index >= 15 is 0 Å². The van der Waals surface area contributed by atoms with Crippen LogP contribution in [0.15, 0.2) is 78.9 Å². The van der Waals surface area contributed by atoms with Gasteiger partial charge in [-0.25, -0.2) is 0 Å². The summed E-state index contributed by atoms with van der Waals surface area (Å²) < 4.78 is 11.6. The van der Waals surface area contributed by atoms with Crippen molar-refractivity contribution in [2.45, 2.75) is 41.0 Å². The van der Waals surface area contributed by atoms with Gasteiger partial charge >= 0.3 is 0 Å². The first-order valence-electron chi connectivity index (χ1n) is 9.28. The summed E-state index contributed by atoms with van der Waals surface area (Å²) in [5, 5.41) is 0. The highest BCUT2D eigenvalue weighted by molar-refractivity contribution is 5.39. The number of benzene rings is 3. The Bertz CT molecular complexity index is 719. The smallest absolute Gasteiger partial charge is 0.131 e. The molecule has 2 heteroatoms. The molecule has 3 rings (SSSR count). The zero-order valence-electron chi connectivity index (χ0n) is 16.5. The van der Waals surface area contributed by atoms with Crippen LogP contribution in [0.4, 0.5) is 0 Å². The lowest BCUT2D eigenvalue weighted by molar-refractivity contribution is 0.460. The van der Waals surface area contributed by atoms with Crippen LogP contribution in [0, 0.1) is 6.92 Å². The molecule has 0 N–H and O–H groups in total. The van der Waals surface area contributed by atoms with Gasteiger partial charge in [0.2, 0.25) is 0 Å². The Morgan fingerprint density at radius 1 is 0.577 bits per heavy atom. The largest absolute Gasteiger partial charge is 0.457 e. The van der Waals surface area contributed by atoms with Crippen LogP contribution in [0.25, 0.3) is 0 Å². The maximum atomic E-state index is 5.83. The molecule has 26 heavy (non-hydrogen) atoms.